The van der Waals surface area contributed by atoms with Crippen molar-refractivity contribution in [2.45, 2.75) is 13.8 Å². The SMILES string of the molecule is CC(=O)OCCOCCOCCOCCOCCOc1cc([N+](=O)[O-])ccc1OC(C)=O. The average Bonchev–Trinajstić information content (AvgIpc) is 2.73. The van der Waals surface area contributed by atoms with Crippen LogP contribution < -0.4 is 9.47 Å². The number of carbonyl (C=O) groups is 2. The standard InChI is InChI=1S/C20H29NO11/c1-16(22)30-13-11-28-9-7-26-5-6-27-8-10-29-12-14-31-20-15-18(21(24)25)3-4-19(20)32-17(2)23/h3-4,15H,5-14H2,1-2H3. The Morgan fingerprint density at radius 3 is 1.72 bits per heavy atom. The summed E-state index contributed by atoms with van der Waals surface area (Å²) in [5, 5.41) is 10.9. The molecule has 0 heterocycles. The smallest absolute Gasteiger partial charge is 0.308 e. The molecule has 0 N–H and O–H groups in total. The first kappa shape index (κ1) is 27.2. The number of esters is 2. The minimum Gasteiger partial charge on any atom is -0.487 e. The van der Waals surface area contributed by atoms with Gasteiger partial charge in [-0.25, -0.2) is 0 Å². The molecular weight excluding hydrogens is 430 g/mol. The van der Waals surface area contributed by atoms with E-state index in [1.807, 2.05) is 0 Å². The molecule has 180 valence electrons. The van der Waals surface area contributed by atoms with Crippen LogP contribution in [0.1, 0.15) is 13.8 Å². The summed E-state index contributed by atoms with van der Waals surface area (Å²) < 4.78 is 36.4. The van der Waals surface area contributed by atoms with Crippen LogP contribution in [0.15, 0.2) is 18.2 Å². The maximum atomic E-state index is 11.1. The number of hydrogen-bond donors (Lipinski definition) is 0. The van der Waals surface area contributed by atoms with E-state index in [0.717, 1.165) is 0 Å². The number of ether oxygens (including phenoxy) is 7. The minimum atomic E-state index is -0.569. The molecule has 0 saturated heterocycles. The second-order valence-corrected chi connectivity index (χ2v) is 6.12. The van der Waals surface area contributed by atoms with Gasteiger partial charge in [-0.15, -0.1) is 0 Å². The first-order chi connectivity index (χ1) is 15.4. The average molecular weight is 459 g/mol. The number of hydrogen-bond acceptors (Lipinski definition) is 11. The summed E-state index contributed by atoms with van der Waals surface area (Å²) in [6.07, 6.45) is 0. The van der Waals surface area contributed by atoms with Crippen molar-refractivity contribution in [3.8, 4) is 11.5 Å². The molecule has 32 heavy (non-hydrogen) atoms. The van der Waals surface area contributed by atoms with Gasteiger partial charge in [0.15, 0.2) is 11.5 Å². The molecule has 0 unspecified atom stereocenters. The van der Waals surface area contributed by atoms with Gasteiger partial charge in [-0.05, 0) is 6.07 Å². The molecule has 0 aliphatic rings. The van der Waals surface area contributed by atoms with Crippen LogP contribution in [0.3, 0.4) is 0 Å². The van der Waals surface area contributed by atoms with E-state index in [2.05, 4.69) is 0 Å². The number of nitro benzene ring substituents is 1. The topological polar surface area (TPSA) is 142 Å². The van der Waals surface area contributed by atoms with E-state index in [-0.39, 0.29) is 43.0 Å². The van der Waals surface area contributed by atoms with Gasteiger partial charge in [-0.2, -0.15) is 0 Å². The molecule has 12 nitrogen and oxygen atoms in total. The first-order valence-corrected chi connectivity index (χ1v) is 9.94. The molecule has 0 atom stereocenters. The van der Waals surface area contributed by atoms with Crippen LogP contribution in [0.5, 0.6) is 11.5 Å². The van der Waals surface area contributed by atoms with Gasteiger partial charge in [0.25, 0.3) is 5.69 Å². The molecule has 12 heteroatoms. The predicted molar refractivity (Wildman–Crippen MR) is 110 cm³/mol. The number of rotatable bonds is 18. The minimum absolute atomic E-state index is 0.0850. The summed E-state index contributed by atoms with van der Waals surface area (Å²) in [5.74, 6) is -0.717. The van der Waals surface area contributed by atoms with Crippen LogP contribution >= 0.6 is 0 Å². The summed E-state index contributed by atoms with van der Waals surface area (Å²) in [7, 11) is 0. The Morgan fingerprint density at radius 2 is 1.25 bits per heavy atom. The van der Waals surface area contributed by atoms with Crippen molar-refractivity contribution in [1.29, 1.82) is 0 Å². The zero-order chi connectivity index (χ0) is 23.6. The Morgan fingerprint density at radius 1 is 0.750 bits per heavy atom. The lowest BCUT2D eigenvalue weighted by molar-refractivity contribution is -0.385. The Bertz CT molecular complexity index is 711. The third-order valence-corrected chi connectivity index (χ3v) is 3.53. The van der Waals surface area contributed by atoms with E-state index in [4.69, 9.17) is 33.2 Å². The highest BCUT2D eigenvalue weighted by molar-refractivity contribution is 5.70. The zero-order valence-electron chi connectivity index (χ0n) is 18.2. The maximum Gasteiger partial charge on any atom is 0.308 e. The lowest BCUT2D eigenvalue weighted by Gasteiger charge is -2.11. The molecule has 0 saturated carbocycles. The molecule has 0 amide bonds. The van der Waals surface area contributed by atoms with Gasteiger partial charge in [0, 0.05) is 19.9 Å². The molecule has 0 fully saturated rings. The monoisotopic (exact) mass is 459 g/mol. The second kappa shape index (κ2) is 16.8. The van der Waals surface area contributed by atoms with Crippen molar-refractivity contribution < 1.29 is 47.7 Å². The number of nitro groups is 1. The van der Waals surface area contributed by atoms with Crippen molar-refractivity contribution in [2.75, 3.05) is 66.1 Å². The zero-order valence-corrected chi connectivity index (χ0v) is 18.2. The summed E-state index contributed by atoms with van der Waals surface area (Å²) >= 11 is 0. The van der Waals surface area contributed by atoms with Crippen molar-refractivity contribution in [3.05, 3.63) is 28.3 Å². The van der Waals surface area contributed by atoms with Gasteiger partial charge in [0.2, 0.25) is 0 Å². The highest BCUT2D eigenvalue weighted by atomic mass is 16.6. The molecule has 0 aliphatic heterocycles. The molecule has 1 aromatic carbocycles. The van der Waals surface area contributed by atoms with Crippen molar-refractivity contribution in [2.24, 2.45) is 0 Å². The fourth-order valence-electron chi connectivity index (χ4n) is 2.18. The normalized spacial score (nSPS) is 10.6. The molecule has 0 aliphatic carbocycles. The summed E-state index contributed by atoms with van der Waals surface area (Å²) in [6, 6.07) is 3.72. The largest absolute Gasteiger partial charge is 0.487 e. The quantitative estimate of drug-likeness (QED) is 0.104. The van der Waals surface area contributed by atoms with Gasteiger partial charge >= 0.3 is 11.9 Å². The first-order valence-electron chi connectivity index (χ1n) is 9.94. The Hall–Kier alpha value is -2.80. The lowest BCUT2D eigenvalue weighted by Crippen LogP contribution is -2.15. The summed E-state index contributed by atoms with van der Waals surface area (Å²) in [6.45, 7) is 5.73. The van der Waals surface area contributed by atoms with Crippen LogP contribution in [0.25, 0.3) is 0 Å². The highest BCUT2D eigenvalue weighted by Crippen LogP contribution is 2.31. The molecule has 0 spiro atoms. The number of nitrogens with zero attached hydrogens (tertiary/aromatic N) is 1. The second-order valence-electron chi connectivity index (χ2n) is 6.12. The van der Waals surface area contributed by atoms with E-state index in [9.17, 15) is 19.7 Å². The van der Waals surface area contributed by atoms with Gasteiger partial charge in [0.05, 0.1) is 63.8 Å². The van der Waals surface area contributed by atoms with Gasteiger partial charge in [-0.1, -0.05) is 0 Å². The lowest BCUT2D eigenvalue weighted by atomic mass is 10.3. The Balaban J connectivity index is 2.04. The van der Waals surface area contributed by atoms with Crippen molar-refractivity contribution >= 4 is 17.6 Å². The van der Waals surface area contributed by atoms with Crippen molar-refractivity contribution in [1.82, 2.24) is 0 Å². The van der Waals surface area contributed by atoms with E-state index in [1.54, 1.807) is 0 Å². The Labute approximate surface area is 185 Å². The van der Waals surface area contributed by atoms with Crippen LogP contribution in [0.2, 0.25) is 0 Å². The Kier molecular flexibility index (Phi) is 14.3. The molecule has 1 rings (SSSR count). The molecule has 1 aromatic rings. The predicted octanol–water partition coefficient (Wildman–Crippen LogP) is 1.53. The van der Waals surface area contributed by atoms with Crippen LogP contribution in [-0.4, -0.2) is 82.9 Å². The van der Waals surface area contributed by atoms with Gasteiger partial charge in [0.1, 0.15) is 13.2 Å². The van der Waals surface area contributed by atoms with Gasteiger partial charge < -0.3 is 33.2 Å². The highest BCUT2D eigenvalue weighted by Gasteiger charge is 2.14. The van der Waals surface area contributed by atoms with Crippen molar-refractivity contribution in [3.63, 3.8) is 0 Å². The molecule has 0 bridgehead atoms. The van der Waals surface area contributed by atoms with Gasteiger partial charge in [-0.3, -0.25) is 19.7 Å². The number of benzene rings is 1. The molecule has 0 radical (unpaired) electrons. The molecule has 0 aromatic heterocycles. The van der Waals surface area contributed by atoms with Crippen LogP contribution in [0.4, 0.5) is 5.69 Å². The van der Waals surface area contributed by atoms with E-state index < -0.39 is 10.9 Å². The van der Waals surface area contributed by atoms with E-state index in [1.165, 1.54) is 32.0 Å². The third kappa shape index (κ3) is 13.5. The fraction of sp³-hybridized carbons (Fsp3) is 0.600. The number of carbonyl (C=O) groups excluding carboxylic acids is 2. The number of non-ortho nitro benzene ring substituents is 1. The van der Waals surface area contributed by atoms with Crippen LogP contribution in [-0.2, 0) is 33.3 Å². The molecular formula is C20H29NO11. The fourth-order valence-corrected chi connectivity index (χ4v) is 2.18. The maximum absolute atomic E-state index is 11.1. The summed E-state index contributed by atoms with van der Waals surface area (Å²) in [4.78, 5) is 32.0. The van der Waals surface area contributed by atoms with E-state index in [0.29, 0.717) is 46.2 Å². The summed E-state index contributed by atoms with van der Waals surface area (Å²) in [5.41, 5.74) is -0.180. The van der Waals surface area contributed by atoms with E-state index >= 15 is 0 Å². The van der Waals surface area contributed by atoms with Crippen LogP contribution in [0, 0.1) is 10.1 Å². The third-order valence-electron chi connectivity index (χ3n) is 3.53.